The van der Waals surface area contributed by atoms with E-state index in [2.05, 4.69) is 15.0 Å². The fourth-order valence-electron chi connectivity index (χ4n) is 3.38. The molecule has 0 saturated carbocycles. The van der Waals surface area contributed by atoms with Gasteiger partial charge in [0.05, 0.1) is 33.9 Å². The molecule has 4 aromatic rings. The van der Waals surface area contributed by atoms with Gasteiger partial charge in [-0.2, -0.15) is 4.98 Å². The van der Waals surface area contributed by atoms with E-state index >= 15 is 0 Å². The van der Waals surface area contributed by atoms with Gasteiger partial charge in [0.1, 0.15) is 11.6 Å². The van der Waals surface area contributed by atoms with Crippen molar-refractivity contribution in [2.45, 2.75) is 6.54 Å². The van der Waals surface area contributed by atoms with E-state index in [-0.39, 0.29) is 34.8 Å². The highest BCUT2D eigenvalue weighted by molar-refractivity contribution is 5.86. The maximum atomic E-state index is 12.4. The predicted molar refractivity (Wildman–Crippen MR) is 97.0 cm³/mol. The predicted octanol–water partition coefficient (Wildman–Crippen LogP) is 1.96. The molecule has 1 aliphatic rings. The number of aliphatic hydroxyl groups is 1. The zero-order chi connectivity index (χ0) is 17.8. The molecule has 0 bridgehead atoms. The summed E-state index contributed by atoms with van der Waals surface area (Å²) >= 11 is 0. The molecule has 0 atom stereocenters. The fourth-order valence-corrected chi connectivity index (χ4v) is 3.38. The average Bonchev–Trinajstić information content (AvgIpc) is 2.98. The molecule has 26 heavy (non-hydrogen) atoms. The molecule has 2 N–H and O–H groups in total. The Kier molecular flexibility index (Phi) is 2.88. The zero-order valence-electron chi connectivity index (χ0n) is 13.4. The smallest absolute Gasteiger partial charge is 0.281 e. The second-order valence-corrected chi connectivity index (χ2v) is 6.10. The molecule has 126 valence electrons. The van der Waals surface area contributed by atoms with E-state index in [1.54, 1.807) is 47.0 Å². The highest BCUT2D eigenvalue weighted by Gasteiger charge is 2.28. The minimum atomic E-state index is -0.387. The Morgan fingerprint density at radius 2 is 1.69 bits per heavy atom. The highest BCUT2D eigenvalue weighted by Crippen LogP contribution is 2.30. The van der Waals surface area contributed by atoms with Crippen LogP contribution in [0, 0.1) is 0 Å². The normalized spacial score (nSPS) is 13.5. The summed E-state index contributed by atoms with van der Waals surface area (Å²) in [5, 5.41) is 11.5. The van der Waals surface area contributed by atoms with E-state index in [1.807, 2.05) is 6.07 Å². The van der Waals surface area contributed by atoms with E-state index in [4.69, 9.17) is 0 Å². The molecule has 0 aliphatic carbocycles. The van der Waals surface area contributed by atoms with Gasteiger partial charge in [-0.15, -0.1) is 0 Å². The minimum Gasteiger partial charge on any atom is -0.509 e. The third kappa shape index (κ3) is 1.94. The van der Waals surface area contributed by atoms with Crippen molar-refractivity contribution in [1.29, 1.82) is 0 Å². The van der Waals surface area contributed by atoms with Crippen molar-refractivity contribution in [2.24, 2.45) is 0 Å². The van der Waals surface area contributed by atoms with Crippen LogP contribution >= 0.6 is 0 Å². The maximum Gasteiger partial charge on any atom is 0.281 e. The van der Waals surface area contributed by atoms with E-state index in [1.165, 1.54) is 0 Å². The SMILES string of the molecule is O=c1[nH]c(C2=C(O)Cn3c2nc(=O)c2ccccc23)nc2ccccc12. The van der Waals surface area contributed by atoms with Gasteiger partial charge in [0.2, 0.25) is 0 Å². The van der Waals surface area contributed by atoms with Crippen LogP contribution in [0.15, 0.2) is 63.9 Å². The molecule has 2 aromatic heterocycles. The Hall–Kier alpha value is -3.74. The van der Waals surface area contributed by atoms with Gasteiger partial charge in [-0.3, -0.25) is 9.59 Å². The first-order valence-electron chi connectivity index (χ1n) is 8.05. The molecule has 0 radical (unpaired) electrons. The Bertz CT molecular complexity index is 1360. The van der Waals surface area contributed by atoms with Crippen molar-refractivity contribution >= 4 is 27.4 Å². The molecule has 0 unspecified atom stereocenters. The van der Waals surface area contributed by atoms with Gasteiger partial charge in [0.15, 0.2) is 5.82 Å². The van der Waals surface area contributed by atoms with Crippen LogP contribution in [0.4, 0.5) is 0 Å². The monoisotopic (exact) mass is 344 g/mol. The van der Waals surface area contributed by atoms with Gasteiger partial charge in [-0.05, 0) is 24.3 Å². The molecule has 0 amide bonds. The van der Waals surface area contributed by atoms with Crippen molar-refractivity contribution in [3.63, 3.8) is 0 Å². The standard InChI is InChI=1S/C19H12N4O3/c24-14-9-23-13-8-4-2-6-11(13)19(26)22-17(23)15(14)16-20-12-7-3-1-5-10(12)18(25)21-16/h1-8,24H,9H2,(H,20,21,25). The first-order valence-corrected chi connectivity index (χ1v) is 8.05. The molecule has 0 spiro atoms. The number of hydrogen-bond acceptors (Lipinski definition) is 5. The number of aromatic amines is 1. The number of para-hydroxylation sites is 2. The van der Waals surface area contributed by atoms with Crippen LogP contribution in [0.3, 0.4) is 0 Å². The van der Waals surface area contributed by atoms with Gasteiger partial charge in [-0.1, -0.05) is 24.3 Å². The van der Waals surface area contributed by atoms with Gasteiger partial charge >= 0.3 is 0 Å². The number of nitrogens with zero attached hydrogens (tertiary/aromatic N) is 3. The number of aromatic nitrogens is 4. The molecule has 2 aromatic carbocycles. The van der Waals surface area contributed by atoms with Crippen LogP contribution in [0.2, 0.25) is 0 Å². The first-order chi connectivity index (χ1) is 12.6. The topological polar surface area (TPSA) is 101 Å². The molecular weight excluding hydrogens is 332 g/mol. The number of aliphatic hydroxyl groups excluding tert-OH is 1. The zero-order valence-corrected chi connectivity index (χ0v) is 13.4. The van der Waals surface area contributed by atoms with Crippen LogP contribution in [0.25, 0.3) is 27.4 Å². The lowest BCUT2D eigenvalue weighted by atomic mass is 10.2. The van der Waals surface area contributed by atoms with Crippen molar-refractivity contribution in [3.05, 3.63) is 86.6 Å². The maximum absolute atomic E-state index is 12.4. The lowest BCUT2D eigenvalue weighted by molar-refractivity contribution is 0.389. The second kappa shape index (κ2) is 5.13. The first kappa shape index (κ1) is 14.6. The van der Waals surface area contributed by atoms with Crippen LogP contribution < -0.4 is 11.1 Å². The van der Waals surface area contributed by atoms with Gasteiger partial charge in [0, 0.05) is 0 Å². The van der Waals surface area contributed by atoms with Crippen LogP contribution in [0.1, 0.15) is 11.6 Å². The molecule has 1 aliphatic heterocycles. The average molecular weight is 344 g/mol. The van der Waals surface area contributed by atoms with E-state index in [0.717, 1.165) is 0 Å². The summed E-state index contributed by atoms with van der Waals surface area (Å²) in [6.45, 7) is 0.162. The number of H-pyrrole nitrogens is 1. The molecule has 3 heterocycles. The highest BCUT2D eigenvalue weighted by atomic mass is 16.3. The Labute approximate surface area is 145 Å². The van der Waals surface area contributed by atoms with Gasteiger partial charge in [0.25, 0.3) is 11.1 Å². The fraction of sp³-hybridized carbons (Fsp3) is 0.0526. The summed E-state index contributed by atoms with van der Waals surface area (Å²) < 4.78 is 1.75. The van der Waals surface area contributed by atoms with Crippen LogP contribution in [0.5, 0.6) is 0 Å². The Morgan fingerprint density at radius 3 is 2.54 bits per heavy atom. The summed E-state index contributed by atoms with van der Waals surface area (Å²) in [6.07, 6.45) is 0. The number of benzene rings is 2. The van der Waals surface area contributed by atoms with Gasteiger partial charge < -0.3 is 14.7 Å². The minimum absolute atomic E-state index is 0.00619. The Balaban J connectivity index is 1.82. The van der Waals surface area contributed by atoms with Crippen LogP contribution in [-0.4, -0.2) is 24.6 Å². The van der Waals surface area contributed by atoms with E-state index in [9.17, 15) is 14.7 Å². The van der Waals surface area contributed by atoms with Gasteiger partial charge in [-0.25, -0.2) is 4.98 Å². The van der Waals surface area contributed by atoms with E-state index in [0.29, 0.717) is 27.6 Å². The number of nitrogens with one attached hydrogen (secondary N) is 1. The van der Waals surface area contributed by atoms with Crippen molar-refractivity contribution in [2.75, 3.05) is 0 Å². The molecule has 5 rings (SSSR count). The molecular formula is C19H12N4O3. The number of fused-ring (bicyclic) bond motifs is 4. The summed E-state index contributed by atoms with van der Waals surface area (Å²) in [7, 11) is 0. The lowest BCUT2D eigenvalue weighted by Crippen LogP contribution is -2.17. The summed E-state index contributed by atoms with van der Waals surface area (Å²) in [5.74, 6) is 0.496. The van der Waals surface area contributed by atoms with E-state index < -0.39 is 0 Å². The number of allylic oxidation sites excluding steroid dienone is 1. The summed E-state index contributed by atoms with van der Waals surface area (Å²) in [5.41, 5.74) is 0.755. The molecule has 0 saturated heterocycles. The van der Waals surface area contributed by atoms with Crippen molar-refractivity contribution < 1.29 is 5.11 Å². The summed E-state index contributed by atoms with van der Waals surface area (Å²) in [6, 6.07) is 14.0. The number of hydrogen-bond donors (Lipinski definition) is 2. The van der Waals surface area contributed by atoms with Crippen LogP contribution in [-0.2, 0) is 6.54 Å². The molecule has 7 nitrogen and oxygen atoms in total. The third-order valence-electron chi connectivity index (χ3n) is 4.56. The molecule has 7 heteroatoms. The third-order valence-corrected chi connectivity index (χ3v) is 4.56. The Morgan fingerprint density at radius 1 is 0.962 bits per heavy atom. The number of rotatable bonds is 1. The second-order valence-electron chi connectivity index (χ2n) is 6.10. The largest absolute Gasteiger partial charge is 0.509 e. The summed E-state index contributed by atoms with van der Waals surface area (Å²) in [4.78, 5) is 36.0. The molecule has 0 fully saturated rings. The van der Waals surface area contributed by atoms with Crippen molar-refractivity contribution in [3.8, 4) is 0 Å². The quantitative estimate of drug-likeness (QED) is 0.550. The van der Waals surface area contributed by atoms with Crippen molar-refractivity contribution in [1.82, 2.24) is 19.5 Å². The lowest BCUT2D eigenvalue weighted by Gasteiger charge is -2.09.